The molecule has 1 aliphatic carbocycles. The Balaban J connectivity index is 1.71. The number of benzene rings is 2. The molecule has 11 heteroatoms. The van der Waals surface area contributed by atoms with Crippen molar-refractivity contribution in [1.29, 1.82) is 0 Å². The number of hydrogen-bond acceptors (Lipinski definition) is 9. The van der Waals surface area contributed by atoms with Crippen LogP contribution in [0.5, 0.6) is 17.6 Å². The largest absolute Gasteiger partial charge is 0.490 e. The standard InChI is InChI=1S/C31H33N5O6/c1-16(2)42-26-13-22-25(12-21(26)23-14-34-31(41-4)36-29(23)40-3)33-15-24(28(32)37)27(22)35-20-10-18(17-7-5-6-8-17)9-19(11-20)30(38)39/h9-17H,5-8H2,1-4H3,(H2,32,37)(H,33,35)(H,38,39). The molecular weight excluding hydrogens is 538 g/mol. The summed E-state index contributed by atoms with van der Waals surface area (Å²) in [5, 5.41) is 13.7. The number of carbonyl (C=O) groups is 2. The minimum atomic E-state index is -1.03. The lowest BCUT2D eigenvalue weighted by molar-refractivity contribution is 0.0696. The highest BCUT2D eigenvalue weighted by Gasteiger charge is 2.23. The maximum Gasteiger partial charge on any atom is 0.335 e. The zero-order valence-corrected chi connectivity index (χ0v) is 23.9. The molecule has 2 aromatic carbocycles. The maximum atomic E-state index is 12.6. The van der Waals surface area contributed by atoms with E-state index < -0.39 is 11.9 Å². The Kier molecular flexibility index (Phi) is 8.10. The molecule has 2 heterocycles. The van der Waals surface area contributed by atoms with Gasteiger partial charge in [0.2, 0.25) is 5.88 Å². The summed E-state index contributed by atoms with van der Waals surface area (Å²) >= 11 is 0. The van der Waals surface area contributed by atoms with Gasteiger partial charge in [-0.2, -0.15) is 4.98 Å². The molecule has 0 spiro atoms. The van der Waals surface area contributed by atoms with Crippen LogP contribution in [-0.2, 0) is 0 Å². The van der Waals surface area contributed by atoms with Gasteiger partial charge in [0.15, 0.2) is 0 Å². The first-order valence-corrected chi connectivity index (χ1v) is 13.7. The van der Waals surface area contributed by atoms with Crippen LogP contribution in [0.4, 0.5) is 11.4 Å². The van der Waals surface area contributed by atoms with Gasteiger partial charge in [-0.05, 0) is 68.5 Å². The number of aromatic carboxylic acids is 1. The van der Waals surface area contributed by atoms with E-state index in [0.29, 0.717) is 39.2 Å². The van der Waals surface area contributed by atoms with Crippen molar-refractivity contribution in [3.05, 3.63) is 59.4 Å². The summed E-state index contributed by atoms with van der Waals surface area (Å²) in [5.74, 6) is -0.669. The van der Waals surface area contributed by atoms with Gasteiger partial charge in [0.1, 0.15) is 5.75 Å². The van der Waals surface area contributed by atoms with E-state index in [0.717, 1.165) is 31.2 Å². The number of carboxylic acids is 1. The molecule has 1 fully saturated rings. The van der Waals surface area contributed by atoms with Crippen LogP contribution in [0.2, 0.25) is 0 Å². The van der Waals surface area contributed by atoms with E-state index in [1.54, 1.807) is 30.5 Å². The number of aromatic nitrogens is 3. The van der Waals surface area contributed by atoms with Crippen LogP contribution in [0, 0.1) is 0 Å². The number of anilines is 2. The summed E-state index contributed by atoms with van der Waals surface area (Å²) in [6.45, 7) is 3.80. The number of carboxylic acid groups (broad SMARTS) is 1. The zero-order chi connectivity index (χ0) is 30.0. The van der Waals surface area contributed by atoms with Crippen molar-refractivity contribution in [2.45, 2.75) is 51.6 Å². The molecular formula is C31H33N5O6. The first kappa shape index (κ1) is 28.6. The van der Waals surface area contributed by atoms with Crippen molar-refractivity contribution in [3.8, 4) is 28.8 Å². The second-order valence-corrected chi connectivity index (χ2v) is 10.5. The van der Waals surface area contributed by atoms with Gasteiger partial charge in [0, 0.05) is 29.0 Å². The van der Waals surface area contributed by atoms with Gasteiger partial charge in [-0.15, -0.1) is 0 Å². The Morgan fingerprint density at radius 3 is 2.40 bits per heavy atom. The third-order valence-electron chi connectivity index (χ3n) is 7.29. The number of methoxy groups -OCH3 is 2. The Morgan fingerprint density at radius 2 is 1.76 bits per heavy atom. The monoisotopic (exact) mass is 571 g/mol. The van der Waals surface area contributed by atoms with Crippen molar-refractivity contribution >= 4 is 34.2 Å². The fourth-order valence-electron chi connectivity index (χ4n) is 5.38. The van der Waals surface area contributed by atoms with E-state index in [1.807, 2.05) is 19.9 Å². The molecule has 0 unspecified atom stereocenters. The highest BCUT2D eigenvalue weighted by molar-refractivity contribution is 6.09. The fraction of sp³-hybridized carbons (Fsp3) is 0.323. The maximum absolute atomic E-state index is 12.6. The number of pyridine rings is 1. The van der Waals surface area contributed by atoms with Crippen LogP contribution >= 0.6 is 0 Å². The number of carbonyl (C=O) groups excluding carboxylic acids is 1. The number of nitrogens with two attached hydrogens (primary N) is 1. The van der Waals surface area contributed by atoms with Gasteiger partial charge in [-0.25, -0.2) is 9.78 Å². The van der Waals surface area contributed by atoms with E-state index in [4.69, 9.17) is 19.9 Å². The third-order valence-corrected chi connectivity index (χ3v) is 7.29. The summed E-state index contributed by atoms with van der Waals surface area (Å²) in [6.07, 6.45) is 7.01. The summed E-state index contributed by atoms with van der Waals surface area (Å²) in [4.78, 5) is 37.7. The molecule has 0 bridgehead atoms. The van der Waals surface area contributed by atoms with Crippen molar-refractivity contribution < 1.29 is 28.9 Å². The van der Waals surface area contributed by atoms with Gasteiger partial charge in [-0.3, -0.25) is 9.78 Å². The molecule has 42 heavy (non-hydrogen) atoms. The molecule has 11 nitrogen and oxygen atoms in total. The molecule has 0 radical (unpaired) electrons. The number of rotatable bonds is 10. The average molecular weight is 572 g/mol. The molecule has 0 aliphatic heterocycles. The topological polar surface area (TPSA) is 159 Å². The highest BCUT2D eigenvalue weighted by atomic mass is 16.5. The summed E-state index contributed by atoms with van der Waals surface area (Å²) in [5.41, 5.74) is 9.68. The molecule has 1 saturated carbocycles. The van der Waals surface area contributed by atoms with Crippen molar-refractivity contribution in [3.63, 3.8) is 0 Å². The van der Waals surface area contributed by atoms with E-state index in [-0.39, 0.29) is 35.0 Å². The van der Waals surface area contributed by atoms with Crippen LogP contribution in [-0.4, -0.2) is 52.3 Å². The SMILES string of the molecule is COc1ncc(-c2cc3ncc(C(N)=O)c(Nc4cc(C(=O)O)cc(C5CCCC5)c4)c3cc2OC(C)C)c(OC)n1. The van der Waals surface area contributed by atoms with E-state index in [1.165, 1.54) is 20.4 Å². The van der Waals surface area contributed by atoms with Gasteiger partial charge >= 0.3 is 12.0 Å². The second kappa shape index (κ2) is 11.9. The molecule has 1 amide bonds. The van der Waals surface area contributed by atoms with Crippen LogP contribution in [0.1, 0.15) is 71.7 Å². The molecule has 5 rings (SSSR count). The van der Waals surface area contributed by atoms with Crippen LogP contribution in [0.15, 0.2) is 42.7 Å². The zero-order valence-electron chi connectivity index (χ0n) is 23.9. The fourth-order valence-corrected chi connectivity index (χ4v) is 5.38. The predicted molar refractivity (Wildman–Crippen MR) is 158 cm³/mol. The molecule has 0 atom stereocenters. The minimum Gasteiger partial charge on any atom is -0.490 e. The van der Waals surface area contributed by atoms with Crippen LogP contribution in [0.3, 0.4) is 0 Å². The number of hydrogen-bond donors (Lipinski definition) is 3. The van der Waals surface area contributed by atoms with E-state index in [2.05, 4.69) is 20.3 Å². The van der Waals surface area contributed by atoms with Crippen LogP contribution < -0.4 is 25.3 Å². The molecule has 218 valence electrons. The average Bonchev–Trinajstić information content (AvgIpc) is 3.51. The van der Waals surface area contributed by atoms with Crippen LogP contribution in [0.25, 0.3) is 22.0 Å². The van der Waals surface area contributed by atoms with Gasteiger partial charge in [0.25, 0.3) is 5.91 Å². The molecule has 0 saturated heterocycles. The van der Waals surface area contributed by atoms with Crippen molar-refractivity contribution in [2.24, 2.45) is 5.73 Å². The third kappa shape index (κ3) is 5.76. The Bertz CT molecular complexity index is 1670. The Morgan fingerprint density at radius 1 is 1.00 bits per heavy atom. The number of nitrogens with one attached hydrogen (secondary N) is 1. The lowest BCUT2D eigenvalue weighted by atomic mass is 9.95. The summed E-state index contributed by atoms with van der Waals surface area (Å²) in [7, 11) is 2.97. The number of amides is 1. The Labute approximate surface area is 243 Å². The second-order valence-electron chi connectivity index (χ2n) is 10.5. The quantitative estimate of drug-likeness (QED) is 0.216. The minimum absolute atomic E-state index is 0.152. The molecule has 4 aromatic rings. The van der Waals surface area contributed by atoms with E-state index in [9.17, 15) is 14.7 Å². The number of fused-ring (bicyclic) bond motifs is 1. The molecule has 4 N–H and O–H groups in total. The Hall–Kier alpha value is -4.93. The highest BCUT2D eigenvalue weighted by Crippen LogP contribution is 2.42. The van der Waals surface area contributed by atoms with Crippen molar-refractivity contribution in [2.75, 3.05) is 19.5 Å². The summed E-state index contributed by atoms with van der Waals surface area (Å²) in [6, 6.07) is 8.95. The normalized spacial score (nSPS) is 13.4. The van der Waals surface area contributed by atoms with Gasteiger partial charge < -0.3 is 30.4 Å². The van der Waals surface area contributed by atoms with Gasteiger partial charge in [0.05, 0.1) is 48.2 Å². The number of nitrogens with zero attached hydrogens (tertiary/aromatic N) is 3. The van der Waals surface area contributed by atoms with Crippen molar-refractivity contribution in [1.82, 2.24) is 15.0 Å². The molecule has 2 aromatic heterocycles. The molecule has 1 aliphatic rings. The first-order valence-electron chi connectivity index (χ1n) is 13.7. The summed E-state index contributed by atoms with van der Waals surface area (Å²) < 4.78 is 16.9. The lowest BCUT2D eigenvalue weighted by Gasteiger charge is -2.20. The predicted octanol–water partition coefficient (Wildman–Crippen LogP) is 5.69. The first-order chi connectivity index (χ1) is 20.2. The number of primary amides is 1. The smallest absolute Gasteiger partial charge is 0.335 e. The number of ether oxygens (including phenoxy) is 3. The van der Waals surface area contributed by atoms with Gasteiger partial charge in [-0.1, -0.05) is 12.8 Å². The lowest BCUT2D eigenvalue weighted by Crippen LogP contribution is -2.15. The van der Waals surface area contributed by atoms with E-state index >= 15 is 0 Å².